The second-order valence-electron chi connectivity index (χ2n) is 12.2. The molecule has 2 aromatic carbocycles. The summed E-state index contributed by atoms with van der Waals surface area (Å²) in [6, 6.07) is 13.6. The molecule has 1 aromatic heterocycles. The Hall–Kier alpha value is -3.59. The van der Waals surface area contributed by atoms with Crippen LogP contribution in [0.25, 0.3) is 0 Å². The average Bonchev–Trinajstić information content (AvgIpc) is 3.40. The van der Waals surface area contributed by atoms with Gasteiger partial charge < -0.3 is 14.5 Å². The number of carbonyl (C=O) groups excluding carboxylic acids is 1. The number of piperidine rings is 1. The van der Waals surface area contributed by atoms with Crippen molar-refractivity contribution in [2.75, 3.05) is 49.0 Å². The van der Waals surface area contributed by atoms with Gasteiger partial charge in [0.25, 0.3) is 10.0 Å². The summed E-state index contributed by atoms with van der Waals surface area (Å²) in [6.45, 7) is 7.65. The minimum Gasteiger partial charge on any atom is -0.497 e. The number of hydrogen-bond acceptors (Lipinski definition) is 6. The summed E-state index contributed by atoms with van der Waals surface area (Å²) in [6.07, 6.45) is 8.72. The van der Waals surface area contributed by atoms with E-state index in [0.717, 1.165) is 69.4 Å². The largest absolute Gasteiger partial charge is 0.497 e. The van der Waals surface area contributed by atoms with E-state index in [1.54, 1.807) is 23.5 Å². The molecule has 0 unspecified atom stereocenters. The lowest BCUT2D eigenvalue weighted by molar-refractivity contribution is -0.132. The fourth-order valence-corrected chi connectivity index (χ4v) is 9.08. The zero-order chi connectivity index (χ0) is 29.5. The first-order valence-electron chi connectivity index (χ1n) is 14.9. The van der Waals surface area contributed by atoms with Crippen LogP contribution in [0.4, 0.5) is 11.4 Å². The first-order valence-corrected chi connectivity index (χ1v) is 16.4. The molecule has 3 aliphatic rings. The number of aryl methyl sites for hydroxylation is 3. The number of rotatable bonds is 6. The van der Waals surface area contributed by atoms with Crippen LogP contribution in [0, 0.1) is 19.3 Å². The third-order valence-corrected chi connectivity index (χ3v) is 11.6. The molecule has 0 atom stereocenters. The molecule has 8 nitrogen and oxygen atoms in total. The number of anilines is 2. The second-order valence-corrected chi connectivity index (χ2v) is 14.0. The molecular weight excluding hydrogens is 548 g/mol. The maximum absolute atomic E-state index is 14.0. The topological polar surface area (TPSA) is 83.0 Å². The summed E-state index contributed by atoms with van der Waals surface area (Å²) in [5.74, 6) is 0.757. The molecule has 0 saturated carbocycles. The molecule has 1 spiro atoms. The van der Waals surface area contributed by atoms with Crippen molar-refractivity contribution in [1.82, 2.24) is 9.88 Å². The van der Waals surface area contributed by atoms with Crippen molar-refractivity contribution < 1.29 is 17.9 Å². The number of hydrogen-bond donors (Lipinski definition) is 0. The van der Waals surface area contributed by atoms with Gasteiger partial charge >= 0.3 is 0 Å². The van der Waals surface area contributed by atoms with E-state index in [4.69, 9.17) is 4.74 Å². The van der Waals surface area contributed by atoms with Gasteiger partial charge in [-0.05, 0) is 104 Å². The molecule has 0 N–H and O–H groups in total. The van der Waals surface area contributed by atoms with Crippen LogP contribution in [0.2, 0.25) is 0 Å². The van der Waals surface area contributed by atoms with Crippen molar-refractivity contribution in [2.45, 2.75) is 57.3 Å². The van der Waals surface area contributed by atoms with E-state index in [0.29, 0.717) is 34.0 Å². The molecule has 6 rings (SSSR count). The van der Waals surface area contributed by atoms with Gasteiger partial charge in [0.05, 0.1) is 24.1 Å². The number of fused-ring (bicyclic) bond motifs is 1. The zero-order valence-electron chi connectivity index (χ0n) is 24.8. The van der Waals surface area contributed by atoms with E-state index in [9.17, 15) is 13.2 Å². The molecule has 222 valence electrons. The van der Waals surface area contributed by atoms with Crippen LogP contribution in [-0.4, -0.2) is 64.0 Å². The van der Waals surface area contributed by atoms with Crippen molar-refractivity contribution >= 4 is 27.3 Å². The summed E-state index contributed by atoms with van der Waals surface area (Å²) in [4.78, 5) is 22.4. The van der Waals surface area contributed by atoms with E-state index in [2.05, 4.69) is 22.0 Å². The zero-order valence-corrected chi connectivity index (χ0v) is 25.6. The molecule has 1 amide bonds. The van der Waals surface area contributed by atoms with Gasteiger partial charge in [-0.15, -0.1) is 0 Å². The predicted octanol–water partition coefficient (Wildman–Crippen LogP) is 4.91. The van der Waals surface area contributed by atoms with Crippen LogP contribution in [0.5, 0.6) is 5.75 Å². The summed E-state index contributed by atoms with van der Waals surface area (Å²) >= 11 is 0. The van der Waals surface area contributed by atoms with E-state index < -0.39 is 10.0 Å². The maximum Gasteiger partial charge on any atom is 0.264 e. The van der Waals surface area contributed by atoms with Gasteiger partial charge in [-0.25, -0.2) is 8.42 Å². The van der Waals surface area contributed by atoms with Crippen molar-refractivity contribution in [3.8, 4) is 5.75 Å². The number of ether oxygens (including phenoxy) is 1. The van der Waals surface area contributed by atoms with Gasteiger partial charge in [-0.2, -0.15) is 0 Å². The lowest BCUT2D eigenvalue weighted by Gasteiger charge is -2.39. The number of amides is 1. The molecule has 42 heavy (non-hydrogen) atoms. The van der Waals surface area contributed by atoms with E-state index in [-0.39, 0.29) is 17.7 Å². The van der Waals surface area contributed by atoms with Gasteiger partial charge in [-0.1, -0.05) is 12.1 Å². The van der Waals surface area contributed by atoms with Crippen molar-refractivity contribution in [3.63, 3.8) is 0 Å². The number of likely N-dealkylation sites (tertiary alicyclic amines) is 1. The molecule has 3 aromatic rings. The maximum atomic E-state index is 14.0. The van der Waals surface area contributed by atoms with Crippen molar-refractivity contribution in [1.29, 1.82) is 0 Å². The molecule has 0 aliphatic carbocycles. The highest BCUT2D eigenvalue weighted by Crippen LogP contribution is 2.42. The quantitative estimate of drug-likeness (QED) is 0.407. The van der Waals surface area contributed by atoms with Crippen molar-refractivity contribution in [2.24, 2.45) is 5.41 Å². The highest BCUT2D eigenvalue weighted by Gasteiger charge is 2.41. The summed E-state index contributed by atoms with van der Waals surface area (Å²) < 4.78 is 34.9. The minimum atomic E-state index is -3.79. The average molecular weight is 589 g/mol. The molecule has 2 fully saturated rings. The normalized spacial score (nSPS) is 18.3. The van der Waals surface area contributed by atoms with E-state index in [1.807, 2.05) is 49.3 Å². The number of sulfonamides is 1. The van der Waals surface area contributed by atoms with E-state index >= 15 is 0 Å². The molecule has 3 aliphatic heterocycles. The Kier molecular flexibility index (Phi) is 7.64. The first-order chi connectivity index (χ1) is 20.2. The van der Waals surface area contributed by atoms with Gasteiger partial charge in [0.15, 0.2) is 0 Å². The summed E-state index contributed by atoms with van der Waals surface area (Å²) in [5, 5.41) is 0. The Bertz CT molecular complexity index is 1560. The third-order valence-electron chi connectivity index (χ3n) is 9.44. The van der Waals surface area contributed by atoms with Gasteiger partial charge in [0.2, 0.25) is 5.91 Å². The Morgan fingerprint density at radius 1 is 0.952 bits per heavy atom. The van der Waals surface area contributed by atoms with Crippen LogP contribution in [-0.2, 0) is 27.7 Å². The Labute approximate surface area is 249 Å². The molecule has 2 saturated heterocycles. The first kappa shape index (κ1) is 28.5. The SMILES string of the molecule is COc1cc(C)c(S(=O)(=O)N2CCCc3ccc(CC(=O)N4CCC5(CC4)CCN(c4ccncc4)C5)cc32)c(C)c1. The molecule has 9 heteroatoms. The fourth-order valence-electron chi connectivity index (χ4n) is 7.13. The summed E-state index contributed by atoms with van der Waals surface area (Å²) in [7, 11) is -2.21. The van der Waals surface area contributed by atoms with Crippen LogP contribution < -0.4 is 13.9 Å². The minimum absolute atomic E-state index is 0.112. The Morgan fingerprint density at radius 3 is 2.33 bits per heavy atom. The van der Waals surface area contributed by atoms with Gasteiger partial charge in [0.1, 0.15) is 5.75 Å². The molecule has 0 radical (unpaired) electrons. The Morgan fingerprint density at radius 2 is 1.64 bits per heavy atom. The monoisotopic (exact) mass is 588 g/mol. The Balaban J connectivity index is 1.15. The number of pyridine rings is 1. The second kappa shape index (κ2) is 11.2. The van der Waals surface area contributed by atoms with Gasteiger partial charge in [-0.3, -0.25) is 14.1 Å². The molecule has 4 heterocycles. The predicted molar refractivity (Wildman–Crippen MR) is 165 cm³/mol. The molecule has 0 bridgehead atoms. The van der Waals surface area contributed by atoms with Crippen LogP contribution >= 0.6 is 0 Å². The van der Waals surface area contributed by atoms with Gasteiger partial charge in [0, 0.05) is 50.8 Å². The van der Waals surface area contributed by atoms with Crippen LogP contribution in [0.3, 0.4) is 0 Å². The number of benzene rings is 2. The smallest absolute Gasteiger partial charge is 0.264 e. The lowest BCUT2D eigenvalue weighted by atomic mass is 9.77. The van der Waals surface area contributed by atoms with Crippen molar-refractivity contribution in [3.05, 3.63) is 77.1 Å². The number of methoxy groups -OCH3 is 1. The summed E-state index contributed by atoms with van der Waals surface area (Å²) in [5.41, 5.74) is 5.37. The third kappa shape index (κ3) is 5.35. The number of aromatic nitrogens is 1. The van der Waals surface area contributed by atoms with E-state index in [1.165, 1.54) is 5.69 Å². The van der Waals surface area contributed by atoms with Crippen LogP contribution in [0.15, 0.2) is 59.8 Å². The number of nitrogens with zero attached hydrogens (tertiary/aromatic N) is 4. The van der Waals surface area contributed by atoms with Crippen LogP contribution in [0.1, 0.15) is 47.9 Å². The number of carbonyl (C=O) groups is 1. The highest BCUT2D eigenvalue weighted by atomic mass is 32.2. The molecular formula is C33H40N4O4S. The highest BCUT2D eigenvalue weighted by molar-refractivity contribution is 7.93. The fraction of sp³-hybridized carbons (Fsp3) is 0.455. The lowest BCUT2D eigenvalue weighted by Crippen LogP contribution is -2.44. The standard InChI is InChI=1S/C33H40N4O4S/c1-24-19-29(41-3)20-25(2)32(24)42(39,40)37-15-4-5-27-7-6-26(21-30(27)37)22-31(38)35-16-10-33(11-17-35)12-18-36(23-33)28-8-13-34-14-9-28/h6-9,13-14,19-21H,4-5,10-12,15-18,22-23H2,1-3H3.